The molecule has 2 aliphatic rings. The number of hydrogen-bond acceptors (Lipinski definition) is 5. The Morgan fingerprint density at radius 2 is 1.83 bits per heavy atom. The molecule has 0 aliphatic carbocycles. The van der Waals surface area contributed by atoms with Crippen molar-refractivity contribution < 1.29 is 19.1 Å². The molecule has 2 heterocycles. The molecule has 2 amide bonds. The fourth-order valence-corrected chi connectivity index (χ4v) is 3.55. The molecule has 4 rings (SSSR count). The number of hydrogen-bond donors (Lipinski definition) is 1. The second-order valence-electron chi connectivity index (χ2n) is 7.37. The number of amides is 2. The van der Waals surface area contributed by atoms with Crippen LogP contribution in [0.4, 0.5) is 0 Å². The first-order valence-electron chi connectivity index (χ1n) is 10.2. The van der Waals surface area contributed by atoms with Gasteiger partial charge < -0.3 is 14.8 Å². The SMILES string of the molecule is C[C@@H](NC(=O)CCC(=O)N1CCC(c2ccccc2)=N1)c1ccc2c(c1)OCCO2. The maximum Gasteiger partial charge on any atom is 0.243 e. The summed E-state index contributed by atoms with van der Waals surface area (Å²) in [6.45, 7) is 3.52. The van der Waals surface area contributed by atoms with Crippen LogP contribution in [0.25, 0.3) is 0 Å². The number of carbonyl (C=O) groups excluding carboxylic acids is 2. The van der Waals surface area contributed by atoms with Gasteiger partial charge in [0.05, 0.1) is 18.3 Å². The van der Waals surface area contributed by atoms with Crippen molar-refractivity contribution in [2.24, 2.45) is 5.10 Å². The molecule has 0 radical (unpaired) electrons. The molecule has 0 spiro atoms. The Labute approximate surface area is 175 Å². The molecule has 0 aromatic heterocycles. The molecule has 2 aromatic carbocycles. The number of ether oxygens (including phenoxy) is 2. The van der Waals surface area contributed by atoms with Crippen LogP contribution in [0.15, 0.2) is 53.6 Å². The van der Waals surface area contributed by atoms with E-state index in [2.05, 4.69) is 10.4 Å². The van der Waals surface area contributed by atoms with Gasteiger partial charge >= 0.3 is 0 Å². The number of nitrogens with one attached hydrogen (secondary N) is 1. The molecule has 30 heavy (non-hydrogen) atoms. The molecule has 2 aromatic rings. The van der Waals surface area contributed by atoms with E-state index in [0.717, 1.165) is 29.0 Å². The van der Waals surface area contributed by atoms with Crippen molar-refractivity contribution in [3.05, 3.63) is 59.7 Å². The molecule has 7 heteroatoms. The van der Waals surface area contributed by atoms with Gasteiger partial charge in [0.25, 0.3) is 0 Å². The lowest BCUT2D eigenvalue weighted by Crippen LogP contribution is -2.29. The Bertz CT molecular complexity index is 958. The number of fused-ring (bicyclic) bond motifs is 1. The Morgan fingerprint density at radius 3 is 2.63 bits per heavy atom. The van der Waals surface area contributed by atoms with Crippen LogP contribution in [-0.4, -0.2) is 42.3 Å². The average Bonchev–Trinajstić information content (AvgIpc) is 3.28. The summed E-state index contributed by atoms with van der Waals surface area (Å²) >= 11 is 0. The largest absolute Gasteiger partial charge is 0.486 e. The van der Waals surface area contributed by atoms with Gasteiger partial charge in [0.2, 0.25) is 11.8 Å². The third-order valence-corrected chi connectivity index (χ3v) is 5.21. The topological polar surface area (TPSA) is 80.2 Å². The summed E-state index contributed by atoms with van der Waals surface area (Å²) in [4.78, 5) is 24.8. The van der Waals surface area contributed by atoms with Gasteiger partial charge in [-0.3, -0.25) is 9.59 Å². The molecular formula is C23H25N3O4. The van der Waals surface area contributed by atoms with Crippen molar-refractivity contribution in [3.8, 4) is 11.5 Å². The maximum atomic E-state index is 12.5. The van der Waals surface area contributed by atoms with Gasteiger partial charge in [-0.25, -0.2) is 5.01 Å². The fraction of sp³-hybridized carbons (Fsp3) is 0.348. The highest BCUT2D eigenvalue weighted by molar-refractivity contribution is 6.02. The minimum Gasteiger partial charge on any atom is -0.486 e. The number of nitrogens with zero attached hydrogens (tertiary/aromatic N) is 2. The van der Waals surface area contributed by atoms with Crippen LogP contribution in [-0.2, 0) is 9.59 Å². The van der Waals surface area contributed by atoms with Crippen LogP contribution >= 0.6 is 0 Å². The van der Waals surface area contributed by atoms with Crippen molar-refractivity contribution in [1.29, 1.82) is 0 Å². The van der Waals surface area contributed by atoms with Gasteiger partial charge in [0.15, 0.2) is 11.5 Å². The number of hydrazone groups is 1. The van der Waals surface area contributed by atoms with Crippen LogP contribution < -0.4 is 14.8 Å². The third-order valence-electron chi connectivity index (χ3n) is 5.21. The third kappa shape index (κ3) is 4.62. The highest BCUT2D eigenvalue weighted by Crippen LogP contribution is 2.32. The van der Waals surface area contributed by atoms with Crippen molar-refractivity contribution in [1.82, 2.24) is 10.3 Å². The van der Waals surface area contributed by atoms with E-state index in [1.165, 1.54) is 5.01 Å². The molecule has 156 valence electrons. The molecule has 0 saturated heterocycles. The zero-order chi connectivity index (χ0) is 20.9. The summed E-state index contributed by atoms with van der Waals surface area (Å²) in [5.41, 5.74) is 2.86. The van der Waals surface area contributed by atoms with Crippen LogP contribution in [0, 0.1) is 0 Å². The minimum absolute atomic E-state index is 0.125. The number of benzene rings is 2. The van der Waals surface area contributed by atoms with E-state index < -0.39 is 0 Å². The first-order valence-corrected chi connectivity index (χ1v) is 10.2. The first kappa shape index (κ1) is 19.9. The molecule has 0 saturated carbocycles. The van der Waals surface area contributed by atoms with Crippen molar-refractivity contribution in [2.75, 3.05) is 19.8 Å². The molecule has 0 unspecified atom stereocenters. The first-order chi connectivity index (χ1) is 14.6. The van der Waals surface area contributed by atoms with Gasteiger partial charge in [-0.15, -0.1) is 0 Å². The van der Waals surface area contributed by atoms with Gasteiger partial charge in [0.1, 0.15) is 13.2 Å². The lowest BCUT2D eigenvalue weighted by atomic mass is 10.1. The zero-order valence-corrected chi connectivity index (χ0v) is 17.0. The number of carbonyl (C=O) groups is 2. The van der Waals surface area contributed by atoms with Crippen molar-refractivity contribution in [2.45, 2.75) is 32.2 Å². The normalized spacial score (nSPS) is 16.0. The van der Waals surface area contributed by atoms with E-state index in [-0.39, 0.29) is 30.7 Å². The van der Waals surface area contributed by atoms with E-state index in [1.54, 1.807) is 0 Å². The summed E-state index contributed by atoms with van der Waals surface area (Å²) in [6, 6.07) is 15.3. The van der Waals surface area contributed by atoms with E-state index >= 15 is 0 Å². The predicted octanol–water partition coefficient (Wildman–Crippen LogP) is 3.05. The quantitative estimate of drug-likeness (QED) is 0.798. The van der Waals surface area contributed by atoms with Crippen LogP contribution in [0.1, 0.15) is 43.4 Å². The molecule has 2 aliphatic heterocycles. The summed E-state index contributed by atoms with van der Waals surface area (Å²) in [7, 11) is 0. The Balaban J connectivity index is 1.27. The minimum atomic E-state index is -0.196. The van der Waals surface area contributed by atoms with Crippen molar-refractivity contribution in [3.63, 3.8) is 0 Å². The second kappa shape index (κ2) is 8.98. The van der Waals surface area contributed by atoms with Crippen LogP contribution in [0.3, 0.4) is 0 Å². The van der Waals surface area contributed by atoms with Crippen molar-refractivity contribution >= 4 is 17.5 Å². The number of rotatable bonds is 6. The summed E-state index contributed by atoms with van der Waals surface area (Å²) in [5, 5.41) is 8.84. The highest BCUT2D eigenvalue weighted by Gasteiger charge is 2.22. The van der Waals surface area contributed by atoms with Gasteiger partial charge in [0, 0.05) is 19.3 Å². The monoisotopic (exact) mass is 407 g/mol. The fourth-order valence-electron chi connectivity index (χ4n) is 3.55. The summed E-state index contributed by atoms with van der Waals surface area (Å²) in [5.74, 6) is 1.10. The molecule has 7 nitrogen and oxygen atoms in total. The zero-order valence-electron chi connectivity index (χ0n) is 17.0. The Morgan fingerprint density at radius 1 is 1.07 bits per heavy atom. The standard InChI is InChI=1S/C23H25N3O4/c1-16(18-7-8-20-21(15-18)30-14-13-29-20)24-22(27)9-10-23(28)26-12-11-19(25-26)17-5-3-2-4-6-17/h2-8,15-16H,9-14H2,1H3,(H,24,27)/t16-/m1/s1. The van der Waals surface area contributed by atoms with Crippen LogP contribution in [0.2, 0.25) is 0 Å². The smallest absolute Gasteiger partial charge is 0.243 e. The molecule has 1 N–H and O–H groups in total. The van der Waals surface area contributed by atoms with E-state index in [9.17, 15) is 9.59 Å². The van der Waals surface area contributed by atoms with Gasteiger partial charge in [-0.1, -0.05) is 36.4 Å². The van der Waals surface area contributed by atoms with Gasteiger partial charge in [-0.05, 0) is 30.2 Å². The second-order valence-corrected chi connectivity index (χ2v) is 7.37. The summed E-state index contributed by atoms with van der Waals surface area (Å²) in [6.07, 6.45) is 0.981. The molecular weight excluding hydrogens is 382 g/mol. The lowest BCUT2D eigenvalue weighted by Gasteiger charge is -2.21. The predicted molar refractivity (Wildman–Crippen MR) is 113 cm³/mol. The average molecular weight is 407 g/mol. The van der Waals surface area contributed by atoms with E-state index in [1.807, 2.05) is 55.5 Å². The molecule has 0 fully saturated rings. The Hall–Kier alpha value is -3.35. The lowest BCUT2D eigenvalue weighted by molar-refractivity contribution is -0.133. The highest BCUT2D eigenvalue weighted by atomic mass is 16.6. The van der Waals surface area contributed by atoms with E-state index in [4.69, 9.17) is 9.47 Å². The molecule has 0 bridgehead atoms. The van der Waals surface area contributed by atoms with Gasteiger partial charge in [-0.2, -0.15) is 5.10 Å². The Kier molecular flexibility index (Phi) is 5.97. The van der Waals surface area contributed by atoms with Crippen LogP contribution in [0.5, 0.6) is 11.5 Å². The van der Waals surface area contributed by atoms with E-state index in [0.29, 0.717) is 25.5 Å². The summed E-state index contributed by atoms with van der Waals surface area (Å²) < 4.78 is 11.1. The molecule has 1 atom stereocenters. The maximum absolute atomic E-state index is 12.5.